The molecule has 5 nitrogen and oxygen atoms in total. The van der Waals surface area contributed by atoms with Crippen molar-refractivity contribution < 1.29 is 19.1 Å². The Bertz CT molecular complexity index is 619. The molecule has 136 valence electrons. The molecule has 0 bridgehead atoms. The Kier molecular flexibility index (Phi) is 5.30. The van der Waals surface area contributed by atoms with Crippen LogP contribution in [-0.4, -0.2) is 43.6 Å². The summed E-state index contributed by atoms with van der Waals surface area (Å²) in [5.74, 6) is 0.576. The van der Waals surface area contributed by atoms with Gasteiger partial charge in [-0.05, 0) is 43.4 Å². The van der Waals surface area contributed by atoms with Crippen LogP contribution in [-0.2, 0) is 19.7 Å². The summed E-state index contributed by atoms with van der Waals surface area (Å²) in [6, 6.07) is 7.41. The number of esters is 1. The van der Waals surface area contributed by atoms with Gasteiger partial charge in [-0.3, -0.25) is 4.79 Å². The summed E-state index contributed by atoms with van der Waals surface area (Å²) >= 11 is 0. The first-order chi connectivity index (χ1) is 12.1. The normalized spacial score (nSPS) is 22.5. The zero-order valence-electron chi connectivity index (χ0n) is 15.1. The Hall–Kier alpha value is -2.04. The molecule has 0 N–H and O–H groups in total. The standard InChI is InChI=1S/C20H27NO4/c1-24-16-10-8-15(9-11-16)20(12-4-3-5-13-20)19(23)21-14-6-7-17(21)18(22)25-2/h8-11,17H,3-7,12-14H2,1-2H3/t17-/m0/s1. The van der Waals surface area contributed by atoms with Gasteiger partial charge in [0.2, 0.25) is 5.91 Å². The minimum absolute atomic E-state index is 0.0882. The van der Waals surface area contributed by atoms with Crippen molar-refractivity contribution in [1.82, 2.24) is 4.90 Å². The smallest absolute Gasteiger partial charge is 0.328 e. The van der Waals surface area contributed by atoms with Crippen LogP contribution in [0, 0.1) is 0 Å². The highest BCUT2D eigenvalue weighted by Crippen LogP contribution is 2.42. The molecule has 0 aromatic heterocycles. The third-order valence-corrected chi connectivity index (χ3v) is 5.75. The summed E-state index contributed by atoms with van der Waals surface area (Å²) in [6.45, 7) is 0.635. The summed E-state index contributed by atoms with van der Waals surface area (Å²) in [4.78, 5) is 27.5. The summed E-state index contributed by atoms with van der Waals surface area (Å²) < 4.78 is 10.2. The van der Waals surface area contributed by atoms with E-state index < -0.39 is 11.5 Å². The second-order valence-corrected chi connectivity index (χ2v) is 7.05. The van der Waals surface area contributed by atoms with E-state index >= 15 is 0 Å². The van der Waals surface area contributed by atoms with Gasteiger partial charge in [0.25, 0.3) is 0 Å². The van der Waals surface area contributed by atoms with Crippen LogP contribution in [0.2, 0.25) is 0 Å². The first kappa shape index (κ1) is 17.8. The highest BCUT2D eigenvalue weighted by Gasteiger charge is 2.47. The maximum Gasteiger partial charge on any atom is 0.328 e. The number of hydrogen-bond donors (Lipinski definition) is 0. The van der Waals surface area contributed by atoms with E-state index in [1.807, 2.05) is 24.3 Å². The van der Waals surface area contributed by atoms with Gasteiger partial charge in [0.05, 0.1) is 19.6 Å². The van der Waals surface area contributed by atoms with E-state index in [0.29, 0.717) is 13.0 Å². The number of amides is 1. The van der Waals surface area contributed by atoms with Crippen LogP contribution in [0.3, 0.4) is 0 Å². The first-order valence-electron chi connectivity index (χ1n) is 9.16. The predicted octanol–water partition coefficient (Wildman–Crippen LogP) is 3.06. The molecule has 0 radical (unpaired) electrons. The second kappa shape index (κ2) is 7.46. The van der Waals surface area contributed by atoms with Crippen molar-refractivity contribution in [3.8, 4) is 5.75 Å². The maximum absolute atomic E-state index is 13.6. The molecule has 1 saturated heterocycles. The third-order valence-electron chi connectivity index (χ3n) is 5.75. The van der Waals surface area contributed by atoms with Crippen LogP contribution in [0.4, 0.5) is 0 Å². The van der Waals surface area contributed by atoms with Gasteiger partial charge in [-0.25, -0.2) is 4.79 Å². The van der Waals surface area contributed by atoms with Gasteiger partial charge in [-0.1, -0.05) is 31.4 Å². The maximum atomic E-state index is 13.6. The molecular formula is C20H27NO4. The van der Waals surface area contributed by atoms with Crippen LogP contribution in [0.25, 0.3) is 0 Å². The number of hydrogen-bond acceptors (Lipinski definition) is 4. The molecule has 2 fully saturated rings. The predicted molar refractivity (Wildman–Crippen MR) is 94.5 cm³/mol. The molecule has 1 atom stereocenters. The zero-order chi connectivity index (χ0) is 17.9. The van der Waals surface area contributed by atoms with Crippen molar-refractivity contribution in [2.45, 2.75) is 56.4 Å². The van der Waals surface area contributed by atoms with Gasteiger partial charge in [0.15, 0.2) is 0 Å². The van der Waals surface area contributed by atoms with Crippen LogP contribution >= 0.6 is 0 Å². The summed E-state index contributed by atoms with van der Waals surface area (Å²) in [5, 5.41) is 0. The number of benzene rings is 1. The van der Waals surface area contributed by atoms with E-state index in [9.17, 15) is 9.59 Å². The van der Waals surface area contributed by atoms with E-state index in [1.54, 1.807) is 12.0 Å². The highest BCUT2D eigenvalue weighted by atomic mass is 16.5. The van der Waals surface area contributed by atoms with Gasteiger partial charge in [-0.15, -0.1) is 0 Å². The van der Waals surface area contributed by atoms with E-state index in [4.69, 9.17) is 9.47 Å². The van der Waals surface area contributed by atoms with E-state index in [0.717, 1.165) is 49.8 Å². The second-order valence-electron chi connectivity index (χ2n) is 7.05. The molecule has 1 aliphatic heterocycles. The van der Waals surface area contributed by atoms with Gasteiger partial charge >= 0.3 is 5.97 Å². The van der Waals surface area contributed by atoms with Crippen LogP contribution in [0.15, 0.2) is 24.3 Å². The molecule has 25 heavy (non-hydrogen) atoms. The van der Waals surface area contributed by atoms with Crippen molar-refractivity contribution >= 4 is 11.9 Å². The van der Waals surface area contributed by atoms with Crippen molar-refractivity contribution in [2.75, 3.05) is 20.8 Å². The van der Waals surface area contributed by atoms with Crippen molar-refractivity contribution in [2.24, 2.45) is 0 Å². The average molecular weight is 345 g/mol. The van der Waals surface area contributed by atoms with Gasteiger partial charge in [0.1, 0.15) is 11.8 Å². The molecule has 3 rings (SSSR count). The van der Waals surface area contributed by atoms with Gasteiger partial charge in [0, 0.05) is 6.54 Å². The Balaban J connectivity index is 1.94. The molecule has 5 heteroatoms. The Morgan fingerprint density at radius 3 is 2.32 bits per heavy atom. The number of rotatable bonds is 4. The Labute approximate surface area is 149 Å². The summed E-state index contributed by atoms with van der Waals surface area (Å²) in [5.41, 5.74) is 0.509. The molecular weight excluding hydrogens is 318 g/mol. The lowest BCUT2D eigenvalue weighted by Crippen LogP contribution is -2.51. The van der Waals surface area contributed by atoms with Crippen molar-refractivity contribution in [3.63, 3.8) is 0 Å². The molecule has 0 spiro atoms. The van der Waals surface area contributed by atoms with Gasteiger partial charge in [-0.2, -0.15) is 0 Å². The average Bonchev–Trinajstić information content (AvgIpc) is 3.17. The Morgan fingerprint density at radius 1 is 1.04 bits per heavy atom. The lowest BCUT2D eigenvalue weighted by atomic mass is 9.68. The number of ether oxygens (including phenoxy) is 2. The summed E-state index contributed by atoms with van der Waals surface area (Å²) in [6.07, 6.45) is 6.45. The largest absolute Gasteiger partial charge is 0.497 e. The topological polar surface area (TPSA) is 55.8 Å². The SMILES string of the molecule is COC(=O)[C@@H]1CCCN1C(=O)C1(c2ccc(OC)cc2)CCCCC1. The van der Waals surface area contributed by atoms with Gasteiger partial charge < -0.3 is 14.4 Å². The number of likely N-dealkylation sites (tertiary alicyclic amines) is 1. The molecule has 0 unspecified atom stereocenters. The van der Waals surface area contributed by atoms with E-state index in [1.165, 1.54) is 7.11 Å². The first-order valence-corrected chi connectivity index (χ1v) is 9.16. The fourth-order valence-corrected chi connectivity index (χ4v) is 4.36. The number of nitrogens with zero attached hydrogens (tertiary/aromatic N) is 1. The quantitative estimate of drug-likeness (QED) is 0.787. The highest BCUT2D eigenvalue weighted by molar-refractivity contribution is 5.92. The van der Waals surface area contributed by atoms with Crippen LogP contribution in [0.1, 0.15) is 50.5 Å². The van der Waals surface area contributed by atoms with Crippen molar-refractivity contribution in [3.05, 3.63) is 29.8 Å². The molecule has 1 heterocycles. The minimum atomic E-state index is -0.527. The molecule has 1 aromatic carbocycles. The fourth-order valence-electron chi connectivity index (χ4n) is 4.36. The fraction of sp³-hybridized carbons (Fsp3) is 0.600. The van der Waals surface area contributed by atoms with Crippen LogP contribution in [0.5, 0.6) is 5.75 Å². The van der Waals surface area contributed by atoms with E-state index in [-0.39, 0.29) is 11.9 Å². The zero-order valence-corrected chi connectivity index (χ0v) is 15.1. The number of carbonyl (C=O) groups is 2. The third kappa shape index (κ3) is 3.24. The number of methoxy groups -OCH3 is 2. The lowest BCUT2D eigenvalue weighted by Gasteiger charge is -2.40. The minimum Gasteiger partial charge on any atom is -0.497 e. The monoisotopic (exact) mass is 345 g/mol. The lowest BCUT2D eigenvalue weighted by molar-refractivity contribution is -0.153. The Morgan fingerprint density at radius 2 is 1.72 bits per heavy atom. The molecule has 1 aliphatic carbocycles. The molecule has 1 saturated carbocycles. The summed E-state index contributed by atoms with van der Waals surface area (Å²) in [7, 11) is 3.03. The molecule has 1 aromatic rings. The number of carbonyl (C=O) groups excluding carboxylic acids is 2. The molecule has 2 aliphatic rings. The molecule has 1 amide bonds. The van der Waals surface area contributed by atoms with E-state index in [2.05, 4.69) is 0 Å². The van der Waals surface area contributed by atoms with Crippen molar-refractivity contribution in [1.29, 1.82) is 0 Å². The van der Waals surface area contributed by atoms with Crippen LogP contribution < -0.4 is 4.74 Å².